The molecule has 7 nitrogen and oxygen atoms in total. The molecule has 0 bridgehead atoms. The SMILES string of the molecule is CC1(COc2ccc3c(nnn3CC3CC3)c2C(F)(F)F)CCN(C(=O)CO)CC1. The maximum absolute atomic E-state index is 13.9. The highest BCUT2D eigenvalue weighted by Gasteiger charge is 2.40. The minimum atomic E-state index is -4.62. The van der Waals surface area contributed by atoms with Crippen LogP contribution in [0.4, 0.5) is 13.2 Å². The van der Waals surface area contributed by atoms with E-state index >= 15 is 0 Å². The first-order valence-electron chi connectivity index (χ1n) is 10.1. The van der Waals surface area contributed by atoms with Gasteiger partial charge in [0, 0.05) is 25.0 Å². The smallest absolute Gasteiger partial charge is 0.422 e. The third-order valence-corrected chi connectivity index (χ3v) is 6.10. The first kappa shape index (κ1) is 20.9. The number of rotatable bonds is 6. The van der Waals surface area contributed by atoms with Gasteiger partial charge in [0.2, 0.25) is 5.91 Å². The van der Waals surface area contributed by atoms with E-state index in [-0.39, 0.29) is 29.2 Å². The summed E-state index contributed by atoms with van der Waals surface area (Å²) < 4.78 is 48.9. The number of benzene rings is 1. The molecule has 10 heteroatoms. The summed E-state index contributed by atoms with van der Waals surface area (Å²) in [6, 6.07) is 2.94. The molecule has 2 fully saturated rings. The fourth-order valence-electron chi connectivity index (χ4n) is 3.88. The van der Waals surface area contributed by atoms with Gasteiger partial charge >= 0.3 is 6.18 Å². The number of alkyl halides is 3. The van der Waals surface area contributed by atoms with Crippen molar-refractivity contribution in [2.24, 2.45) is 11.3 Å². The van der Waals surface area contributed by atoms with Gasteiger partial charge in [-0.2, -0.15) is 13.2 Å². The van der Waals surface area contributed by atoms with E-state index < -0.39 is 18.3 Å². The van der Waals surface area contributed by atoms with Crippen LogP contribution in [0.25, 0.3) is 11.0 Å². The summed E-state index contributed by atoms with van der Waals surface area (Å²) in [6.07, 6.45) is -1.32. The van der Waals surface area contributed by atoms with Crippen LogP contribution in [0.5, 0.6) is 5.75 Å². The molecule has 2 heterocycles. The predicted molar refractivity (Wildman–Crippen MR) is 102 cm³/mol. The summed E-state index contributed by atoms with van der Waals surface area (Å²) in [7, 11) is 0. The Bertz CT molecular complexity index is 931. The zero-order chi connectivity index (χ0) is 21.5. The number of ether oxygens (including phenoxy) is 1. The number of nitrogens with zero attached hydrogens (tertiary/aromatic N) is 4. The number of carbonyl (C=O) groups is 1. The lowest BCUT2D eigenvalue weighted by Crippen LogP contribution is -2.45. The van der Waals surface area contributed by atoms with E-state index in [2.05, 4.69) is 10.3 Å². The molecule has 164 valence electrons. The summed E-state index contributed by atoms with van der Waals surface area (Å²) in [5, 5.41) is 16.7. The Hall–Kier alpha value is -2.36. The maximum Gasteiger partial charge on any atom is 0.422 e. The van der Waals surface area contributed by atoms with Crippen molar-refractivity contribution in [3.63, 3.8) is 0 Å². The summed E-state index contributed by atoms with van der Waals surface area (Å²) >= 11 is 0. The Balaban J connectivity index is 1.53. The van der Waals surface area contributed by atoms with Crippen LogP contribution in [0.1, 0.15) is 38.2 Å². The number of aliphatic hydroxyl groups excluding tert-OH is 1. The highest BCUT2D eigenvalue weighted by atomic mass is 19.4. The van der Waals surface area contributed by atoms with Crippen LogP contribution in [-0.2, 0) is 17.5 Å². The van der Waals surface area contributed by atoms with Crippen molar-refractivity contribution in [1.82, 2.24) is 19.9 Å². The Morgan fingerprint density at radius 1 is 1.30 bits per heavy atom. The molecule has 1 saturated heterocycles. The van der Waals surface area contributed by atoms with E-state index in [9.17, 15) is 18.0 Å². The van der Waals surface area contributed by atoms with Crippen molar-refractivity contribution in [3.05, 3.63) is 17.7 Å². The van der Waals surface area contributed by atoms with Crippen LogP contribution in [-0.4, -0.2) is 57.2 Å². The Kier molecular flexibility index (Phi) is 5.37. The quantitative estimate of drug-likeness (QED) is 0.768. The molecule has 4 rings (SSSR count). The Morgan fingerprint density at radius 3 is 2.60 bits per heavy atom. The molecule has 1 aliphatic heterocycles. The third-order valence-electron chi connectivity index (χ3n) is 6.10. The first-order chi connectivity index (χ1) is 14.2. The topological polar surface area (TPSA) is 80.5 Å². The lowest BCUT2D eigenvalue weighted by molar-refractivity contribution is -0.139. The molecule has 2 aliphatic rings. The minimum Gasteiger partial charge on any atom is -0.492 e. The van der Waals surface area contributed by atoms with Gasteiger partial charge in [0.25, 0.3) is 0 Å². The molecule has 1 aliphatic carbocycles. The number of carbonyl (C=O) groups excluding carboxylic acids is 1. The monoisotopic (exact) mass is 426 g/mol. The lowest BCUT2D eigenvalue weighted by atomic mass is 9.81. The number of hydrogen-bond acceptors (Lipinski definition) is 5. The van der Waals surface area contributed by atoms with E-state index in [1.54, 1.807) is 15.6 Å². The van der Waals surface area contributed by atoms with Gasteiger partial charge in [-0.15, -0.1) is 5.10 Å². The molecule has 1 amide bonds. The number of fused-ring (bicyclic) bond motifs is 1. The van der Waals surface area contributed by atoms with E-state index in [0.717, 1.165) is 12.8 Å². The predicted octanol–water partition coefficient (Wildman–Crippen LogP) is 2.86. The number of aliphatic hydroxyl groups is 1. The van der Waals surface area contributed by atoms with E-state index in [1.165, 1.54) is 6.07 Å². The third kappa shape index (κ3) is 4.23. The number of likely N-dealkylation sites (tertiary alicyclic amines) is 1. The van der Waals surface area contributed by atoms with Gasteiger partial charge < -0.3 is 14.7 Å². The van der Waals surface area contributed by atoms with Crippen LogP contribution >= 0.6 is 0 Å². The summed E-state index contributed by atoms with van der Waals surface area (Å²) in [5.74, 6) is -0.121. The average Bonchev–Trinajstić information content (AvgIpc) is 3.44. The Labute approximate surface area is 171 Å². The Morgan fingerprint density at radius 2 is 2.00 bits per heavy atom. The van der Waals surface area contributed by atoms with Gasteiger partial charge in [0.15, 0.2) is 0 Å². The van der Waals surface area contributed by atoms with Crippen LogP contribution in [0.3, 0.4) is 0 Å². The molecule has 1 aromatic heterocycles. The van der Waals surface area contributed by atoms with Gasteiger partial charge in [-0.05, 0) is 43.7 Å². The maximum atomic E-state index is 13.9. The van der Waals surface area contributed by atoms with E-state index in [0.29, 0.717) is 43.9 Å². The highest BCUT2D eigenvalue weighted by Crippen LogP contribution is 2.42. The molecule has 1 aromatic carbocycles. The van der Waals surface area contributed by atoms with Gasteiger partial charge in [-0.25, -0.2) is 4.68 Å². The van der Waals surface area contributed by atoms with Gasteiger partial charge in [0.1, 0.15) is 23.4 Å². The molecule has 0 spiro atoms. The van der Waals surface area contributed by atoms with Crippen molar-refractivity contribution in [1.29, 1.82) is 0 Å². The molecular formula is C20H25F3N4O3. The molecule has 2 aromatic rings. The molecular weight excluding hydrogens is 401 g/mol. The number of hydrogen-bond donors (Lipinski definition) is 1. The van der Waals surface area contributed by atoms with Crippen LogP contribution in [0.2, 0.25) is 0 Å². The van der Waals surface area contributed by atoms with Crippen molar-refractivity contribution in [2.45, 2.75) is 45.3 Å². The molecule has 30 heavy (non-hydrogen) atoms. The van der Waals surface area contributed by atoms with Crippen molar-refractivity contribution >= 4 is 16.9 Å². The van der Waals surface area contributed by atoms with Gasteiger partial charge in [-0.3, -0.25) is 4.79 Å². The molecule has 1 saturated carbocycles. The van der Waals surface area contributed by atoms with Crippen LogP contribution < -0.4 is 4.74 Å². The summed E-state index contributed by atoms with van der Waals surface area (Å²) in [5.41, 5.74) is -1.08. The molecule has 0 atom stereocenters. The van der Waals surface area contributed by atoms with Crippen LogP contribution in [0, 0.1) is 11.3 Å². The van der Waals surface area contributed by atoms with E-state index in [1.807, 2.05) is 6.92 Å². The molecule has 0 unspecified atom stereocenters. The minimum absolute atomic E-state index is 0.0962. The fraction of sp³-hybridized carbons (Fsp3) is 0.650. The zero-order valence-corrected chi connectivity index (χ0v) is 16.8. The van der Waals surface area contributed by atoms with Crippen LogP contribution in [0.15, 0.2) is 12.1 Å². The standard InChI is InChI=1S/C20H25F3N4O3/c1-19(6-8-26(9-7-19)16(29)11-28)12-30-15-5-4-14-18(17(15)20(21,22)23)24-25-27(14)10-13-2-3-13/h4-5,13,28H,2-3,6-12H2,1H3. The van der Waals surface area contributed by atoms with Crippen molar-refractivity contribution in [3.8, 4) is 5.75 Å². The summed E-state index contributed by atoms with van der Waals surface area (Å²) in [4.78, 5) is 13.2. The first-order valence-corrected chi connectivity index (χ1v) is 10.1. The largest absolute Gasteiger partial charge is 0.492 e. The molecule has 1 N–H and O–H groups in total. The second-order valence-corrected chi connectivity index (χ2v) is 8.66. The second kappa shape index (κ2) is 7.72. The second-order valence-electron chi connectivity index (χ2n) is 8.66. The average molecular weight is 426 g/mol. The van der Waals surface area contributed by atoms with E-state index in [4.69, 9.17) is 9.84 Å². The number of halogens is 3. The number of amides is 1. The van der Waals surface area contributed by atoms with Crippen molar-refractivity contribution in [2.75, 3.05) is 26.3 Å². The highest BCUT2D eigenvalue weighted by molar-refractivity contribution is 5.81. The fourth-order valence-corrected chi connectivity index (χ4v) is 3.88. The van der Waals surface area contributed by atoms with Gasteiger partial charge in [0.05, 0.1) is 12.1 Å². The number of aromatic nitrogens is 3. The lowest BCUT2D eigenvalue weighted by Gasteiger charge is -2.39. The van der Waals surface area contributed by atoms with Gasteiger partial charge in [-0.1, -0.05) is 12.1 Å². The summed E-state index contributed by atoms with van der Waals surface area (Å²) in [6.45, 7) is 2.96. The zero-order valence-electron chi connectivity index (χ0n) is 16.8. The molecule has 0 radical (unpaired) electrons. The number of piperidine rings is 1. The normalized spacial score (nSPS) is 19.3. The van der Waals surface area contributed by atoms with Crippen molar-refractivity contribution < 1.29 is 27.8 Å².